The average molecular weight is 202 g/mol. The van der Waals surface area contributed by atoms with Gasteiger partial charge in [-0.1, -0.05) is 20.8 Å². The largest absolute Gasteiger partial charge is 0.383 e. The molecule has 0 aromatic rings. The lowest BCUT2D eigenvalue weighted by molar-refractivity contribution is 0.0995. The molecule has 3 heteroatoms. The SMILES string of the molecule is CC.CCN1CCN(CCOC)CC1. The monoisotopic (exact) mass is 202 g/mol. The molecule has 1 aliphatic heterocycles. The van der Waals surface area contributed by atoms with E-state index in [4.69, 9.17) is 4.74 Å². The molecule has 0 atom stereocenters. The predicted molar refractivity (Wildman–Crippen MR) is 61.8 cm³/mol. The predicted octanol–water partition coefficient (Wildman–Crippen LogP) is 1.30. The Balaban J connectivity index is 0.000000791. The van der Waals surface area contributed by atoms with E-state index in [1.807, 2.05) is 13.8 Å². The quantitative estimate of drug-likeness (QED) is 0.683. The van der Waals surface area contributed by atoms with Gasteiger partial charge < -0.3 is 9.64 Å². The van der Waals surface area contributed by atoms with Crippen LogP contribution in [0, 0.1) is 0 Å². The molecule has 1 aliphatic rings. The number of likely N-dealkylation sites (N-methyl/N-ethyl adjacent to an activating group) is 1. The van der Waals surface area contributed by atoms with Gasteiger partial charge in [-0.25, -0.2) is 0 Å². The van der Waals surface area contributed by atoms with Gasteiger partial charge in [0.2, 0.25) is 0 Å². The summed E-state index contributed by atoms with van der Waals surface area (Å²) >= 11 is 0. The van der Waals surface area contributed by atoms with Crippen LogP contribution in [0.4, 0.5) is 0 Å². The zero-order chi connectivity index (χ0) is 10.8. The van der Waals surface area contributed by atoms with E-state index in [1.54, 1.807) is 7.11 Å². The smallest absolute Gasteiger partial charge is 0.0589 e. The molecule has 1 fully saturated rings. The lowest BCUT2D eigenvalue weighted by Gasteiger charge is -2.33. The van der Waals surface area contributed by atoms with Gasteiger partial charge in [-0.2, -0.15) is 0 Å². The number of nitrogens with zero attached hydrogens (tertiary/aromatic N) is 2. The maximum absolute atomic E-state index is 5.04. The molecule has 1 saturated heterocycles. The van der Waals surface area contributed by atoms with Crippen molar-refractivity contribution in [1.82, 2.24) is 9.80 Å². The van der Waals surface area contributed by atoms with Crippen LogP contribution in [0.5, 0.6) is 0 Å². The Kier molecular flexibility index (Phi) is 9.35. The van der Waals surface area contributed by atoms with Crippen molar-refractivity contribution >= 4 is 0 Å². The second-order valence-corrected chi connectivity index (χ2v) is 3.27. The van der Waals surface area contributed by atoms with Crippen molar-refractivity contribution in [1.29, 1.82) is 0 Å². The van der Waals surface area contributed by atoms with Crippen LogP contribution in [0.1, 0.15) is 20.8 Å². The molecule has 0 radical (unpaired) electrons. The maximum atomic E-state index is 5.04. The lowest BCUT2D eigenvalue weighted by atomic mass is 10.3. The summed E-state index contributed by atoms with van der Waals surface area (Å²) < 4.78 is 5.04. The van der Waals surface area contributed by atoms with Crippen molar-refractivity contribution in [3.05, 3.63) is 0 Å². The van der Waals surface area contributed by atoms with E-state index >= 15 is 0 Å². The van der Waals surface area contributed by atoms with E-state index in [0.29, 0.717) is 0 Å². The molecule has 0 bridgehead atoms. The number of piperazine rings is 1. The van der Waals surface area contributed by atoms with Gasteiger partial charge in [0.1, 0.15) is 0 Å². The summed E-state index contributed by atoms with van der Waals surface area (Å²) in [6.07, 6.45) is 0. The van der Waals surface area contributed by atoms with E-state index in [-0.39, 0.29) is 0 Å². The molecule has 3 nitrogen and oxygen atoms in total. The topological polar surface area (TPSA) is 15.7 Å². The Morgan fingerprint density at radius 1 is 1.00 bits per heavy atom. The van der Waals surface area contributed by atoms with Crippen LogP contribution in [0.25, 0.3) is 0 Å². The van der Waals surface area contributed by atoms with Gasteiger partial charge >= 0.3 is 0 Å². The summed E-state index contributed by atoms with van der Waals surface area (Å²) in [5.41, 5.74) is 0. The van der Waals surface area contributed by atoms with Crippen LogP contribution >= 0.6 is 0 Å². The third-order valence-electron chi connectivity index (χ3n) is 2.52. The number of ether oxygens (including phenoxy) is 1. The summed E-state index contributed by atoms with van der Waals surface area (Å²) in [5, 5.41) is 0. The molecule has 0 aromatic heterocycles. The molecule has 1 heterocycles. The van der Waals surface area contributed by atoms with Crippen LogP contribution in [-0.4, -0.2) is 62.8 Å². The van der Waals surface area contributed by atoms with Crippen LogP contribution < -0.4 is 0 Å². The highest BCUT2D eigenvalue weighted by atomic mass is 16.5. The molecule has 86 valence electrons. The summed E-state index contributed by atoms with van der Waals surface area (Å²) in [6, 6.07) is 0. The zero-order valence-electron chi connectivity index (χ0n) is 10.3. The highest BCUT2D eigenvalue weighted by Gasteiger charge is 2.14. The first kappa shape index (κ1) is 13.9. The number of methoxy groups -OCH3 is 1. The third-order valence-corrected chi connectivity index (χ3v) is 2.52. The molecule has 0 N–H and O–H groups in total. The Morgan fingerprint density at radius 2 is 1.50 bits per heavy atom. The molecular weight excluding hydrogens is 176 g/mol. The van der Waals surface area contributed by atoms with Gasteiger partial charge in [0.25, 0.3) is 0 Å². The zero-order valence-corrected chi connectivity index (χ0v) is 10.3. The van der Waals surface area contributed by atoms with Crippen LogP contribution in [-0.2, 0) is 4.74 Å². The fourth-order valence-corrected chi connectivity index (χ4v) is 1.55. The van der Waals surface area contributed by atoms with Crippen LogP contribution in [0.3, 0.4) is 0 Å². The van der Waals surface area contributed by atoms with Gasteiger partial charge in [-0.3, -0.25) is 4.90 Å². The average Bonchev–Trinajstić information content (AvgIpc) is 2.30. The Bertz CT molecular complexity index is 112. The van der Waals surface area contributed by atoms with E-state index in [1.165, 1.54) is 32.7 Å². The van der Waals surface area contributed by atoms with E-state index in [9.17, 15) is 0 Å². The van der Waals surface area contributed by atoms with E-state index < -0.39 is 0 Å². The molecule has 14 heavy (non-hydrogen) atoms. The number of rotatable bonds is 4. The van der Waals surface area contributed by atoms with Gasteiger partial charge in [-0.05, 0) is 6.54 Å². The molecule has 0 unspecified atom stereocenters. The molecule has 0 aliphatic carbocycles. The van der Waals surface area contributed by atoms with E-state index in [0.717, 1.165) is 13.2 Å². The highest BCUT2D eigenvalue weighted by molar-refractivity contribution is 4.70. The number of hydrogen-bond acceptors (Lipinski definition) is 3. The fourth-order valence-electron chi connectivity index (χ4n) is 1.55. The highest BCUT2D eigenvalue weighted by Crippen LogP contribution is 1.99. The second-order valence-electron chi connectivity index (χ2n) is 3.27. The molecular formula is C11H26N2O. The first-order chi connectivity index (χ1) is 6.86. The lowest BCUT2D eigenvalue weighted by Crippen LogP contribution is -2.46. The second kappa shape index (κ2) is 9.44. The Morgan fingerprint density at radius 3 is 1.93 bits per heavy atom. The minimum atomic E-state index is 0.867. The summed E-state index contributed by atoms with van der Waals surface area (Å²) in [4.78, 5) is 4.96. The minimum absolute atomic E-state index is 0.867. The van der Waals surface area contributed by atoms with Crippen LogP contribution in [0.2, 0.25) is 0 Å². The maximum Gasteiger partial charge on any atom is 0.0589 e. The molecule has 1 rings (SSSR count). The molecule has 0 spiro atoms. The summed E-state index contributed by atoms with van der Waals surface area (Å²) in [6.45, 7) is 14.2. The van der Waals surface area contributed by atoms with Gasteiger partial charge in [0, 0.05) is 39.8 Å². The molecule has 0 amide bonds. The number of hydrogen-bond donors (Lipinski definition) is 0. The Hall–Kier alpha value is -0.120. The first-order valence-corrected chi connectivity index (χ1v) is 5.80. The fraction of sp³-hybridized carbons (Fsp3) is 1.00. The normalized spacial score (nSPS) is 18.9. The summed E-state index contributed by atoms with van der Waals surface area (Å²) in [5.74, 6) is 0. The van der Waals surface area contributed by atoms with Crippen LogP contribution in [0.15, 0.2) is 0 Å². The standard InChI is InChI=1S/C9H20N2O.C2H6/c1-3-10-4-6-11(7-5-10)8-9-12-2;1-2/h3-9H2,1-2H3;1-2H3. The van der Waals surface area contributed by atoms with Gasteiger partial charge in [0.15, 0.2) is 0 Å². The van der Waals surface area contributed by atoms with Gasteiger partial charge in [0.05, 0.1) is 6.61 Å². The third kappa shape index (κ3) is 5.58. The van der Waals surface area contributed by atoms with Crippen molar-refractivity contribution in [3.63, 3.8) is 0 Å². The van der Waals surface area contributed by atoms with Crippen molar-refractivity contribution in [2.75, 3.05) is 53.0 Å². The van der Waals surface area contributed by atoms with Crippen molar-refractivity contribution in [2.45, 2.75) is 20.8 Å². The van der Waals surface area contributed by atoms with Crippen molar-refractivity contribution in [2.24, 2.45) is 0 Å². The first-order valence-electron chi connectivity index (χ1n) is 5.80. The van der Waals surface area contributed by atoms with Crippen molar-refractivity contribution < 1.29 is 4.74 Å². The Labute approximate surface area is 89.0 Å². The summed E-state index contributed by atoms with van der Waals surface area (Å²) in [7, 11) is 1.77. The molecule has 0 saturated carbocycles. The van der Waals surface area contributed by atoms with Crippen molar-refractivity contribution in [3.8, 4) is 0 Å². The van der Waals surface area contributed by atoms with Gasteiger partial charge in [-0.15, -0.1) is 0 Å². The molecule has 0 aromatic carbocycles. The van der Waals surface area contributed by atoms with E-state index in [2.05, 4.69) is 16.7 Å². The minimum Gasteiger partial charge on any atom is -0.383 e.